The van der Waals surface area contributed by atoms with Gasteiger partial charge in [0.25, 0.3) is 0 Å². The van der Waals surface area contributed by atoms with E-state index in [4.69, 9.17) is 16.3 Å². The highest BCUT2D eigenvalue weighted by Crippen LogP contribution is 2.27. The van der Waals surface area contributed by atoms with Crippen LogP contribution in [0.15, 0.2) is 48.5 Å². The van der Waals surface area contributed by atoms with Crippen LogP contribution in [0.25, 0.3) is 0 Å². The number of hydrogen-bond donors (Lipinski definition) is 0. The Kier molecular flexibility index (Phi) is 6.13. The minimum absolute atomic E-state index is 0.00325. The van der Waals surface area contributed by atoms with Gasteiger partial charge in [0.05, 0.1) is 12.0 Å². The van der Waals surface area contributed by atoms with E-state index in [9.17, 15) is 0 Å². The summed E-state index contributed by atoms with van der Waals surface area (Å²) in [6.07, 6.45) is 3.09. The Morgan fingerprint density at radius 3 is 2.52 bits per heavy atom. The van der Waals surface area contributed by atoms with Crippen LogP contribution in [0, 0.1) is 6.92 Å². The zero-order valence-corrected chi connectivity index (χ0v) is 13.6. The van der Waals surface area contributed by atoms with E-state index in [0.717, 1.165) is 37.2 Å². The summed E-state index contributed by atoms with van der Waals surface area (Å²) in [5.74, 6) is 0.923. The molecule has 0 radical (unpaired) electrons. The number of ether oxygens (including phenoxy) is 1. The lowest BCUT2D eigenvalue weighted by atomic mass is 10.0. The highest BCUT2D eigenvalue weighted by Gasteiger charge is 2.09. The first-order valence-corrected chi connectivity index (χ1v) is 8.05. The van der Waals surface area contributed by atoms with Gasteiger partial charge < -0.3 is 4.74 Å². The van der Waals surface area contributed by atoms with E-state index in [2.05, 4.69) is 50.2 Å². The van der Waals surface area contributed by atoms with Crippen LogP contribution in [0.3, 0.4) is 0 Å². The molecule has 2 aromatic rings. The lowest BCUT2D eigenvalue weighted by Gasteiger charge is -2.12. The van der Waals surface area contributed by atoms with Crippen LogP contribution in [0.5, 0.6) is 5.75 Å². The molecule has 2 rings (SSSR count). The van der Waals surface area contributed by atoms with Crippen LogP contribution in [-0.4, -0.2) is 6.61 Å². The van der Waals surface area contributed by atoms with Crippen molar-refractivity contribution in [3.63, 3.8) is 0 Å². The fraction of sp³-hybridized carbons (Fsp3) is 0.368. The Labute approximate surface area is 132 Å². The van der Waals surface area contributed by atoms with Crippen molar-refractivity contribution in [1.82, 2.24) is 0 Å². The van der Waals surface area contributed by atoms with Crippen LogP contribution >= 0.6 is 11.6 Å². The quantitative estimate of drug-likeness (QED) is 0.471. The van der Waals surface area contributed by atoms with Crippen molar-refractivity contribution in [2.75, 3.05) is 6.61 Å². The van der Waals surface area contributed by atoms with Gasteiger partial charge in [-0.25, -0.2) is 0 Å². The standard InChI is InChI=1S/C19H23ClO/c1-3-4-12-21-18-10-8-17(9-11-18)19(20)14-16-7-5-6-15(2)13-16/h5-11,13,19H,3-4,12,14H2,1-2H3. The average molecular weight is 303 g/mol. The number of hydrogen-bond acceptors (Lipinski definition) is 1. The van der Waals surface area contributed by atoms with Gasteiger partial charge in [-0.2, -0.15) is 0 Å². The predicted molar refractivity (Wildman–Crippen MR) is 90.3 cm³/mol. The SMILES string of the molecule is CCCCOc1ccc(C(Cl)Cc2cccc(C)c2)cc1. The number of halogens is 1. The molecular weight excluding hydrogens is 280 g/mol. The zero-order valence-electron chi connectivity index (χ0n) is 12.8. The summed E-state index contributed by atoms with van der Waals surface area (Å²) in [6, 6.07) is 16.7. The molecule has 0 N–H and O–H groups in total. The molecule has 0 bridgehead atoms. The maximum absolute atomic E-state index is 6.53. The average Bonchev–Trinajstić information content (AvgIpc) is 2.48. The molecule has 2 heteroatoms. The van der Waals surface area contributed by atoms with E-state index < -0.39 is 0 Å². The van der Waals surface area contributed by atoms with Gasteiger partial charge in [-0.1, -0.05) is 55.3 Å². The predicted octanol–water partition coefficient (Wildman–Crippen LogP) is 5.70. The molecule has 1 nitrogen and oxygen atoms in total. The molecule has 112 valence electrons. The summed E-state index contributed by atoms with van der Waals surface area (Å²) in [5.41, 5.74) is 3.69. The third-order valence-electron chi connectivity index (χ3n) is 3.51. The molecule has 2 aromatic carbocycles. The molecule has 0 fully saturated rings. The zero-order chi connectivity index (χ0) is 15.1. The van der Waals surface area contributed by atoms with Crippen molar-refractivity contribution in [3.8, 4) is 5.75 Å². The van der Waals surface area contributed by atoms with Crippen molar-refractivity contribution in [2.45, 2.75) is 38.5 Å². The minimum atomic E-state index is -0.00325. The molecule has 0 heterocycles. The van der Waals surface area contributed by atoms with E-state index >= 15 is 0 Å². The molecule has 1 unspecified atom stereocenters. The fourth-order valence-corrected chi connectivity index (χ4v) is 2.59. The second-order valence-corrected chi connectivity index (χ2v) is 5.96. The molecule has 0 saturated carbocycles. The molecule has 0 saturated heterocycles. The maximum atomic E-state index is 6.53. The van der Waals surface area contributed by atoms with Gasteiger partial charge in [0, 0.05) is 0 Å². The molecule has 0 amide bonds. The number of benzene rings is 2. The second-order valence-electron chi connectivity index (χ2n) is 5.43. The van der Waals surface area contributed by atoms with E-state index in [-0.39, 0.29) is 5.38 Å². The van der Waals surface area contributed by atoms with Crippen LogP contribution in [0.2, 0.25) is 0 Å². The first-order valence-electron chi connectivity index (χ1n) is 7.61. The highest BCUT2D eigenvalue weighted by atomic mass is 35.5. The molecule has 0 aromatic heterocycles. The van der Waals surface area contributed by atoms with E-state index in [0.29, 0.717) is 0 Å². The molecule has 0 aliphatic heterocycles. The first-order chi connectivity index (χ1) is 10.2. The lowest BCUT2D eigenvalue weighted by Crippen LogP contribution is -1.98. The topological polar surface area (TPSA) is 9.23 Å². The van der Waals surface area contributed by atoms with E-state index in [1.165, 1.54) is 11.1 Å². The van der Waals surface area contributed by atoms with Crippen molar-refractivity contribution >= 4 is 11.6 Å². The van der Waals surface area contributed by atoms with Crippen molar-refractivity contribution in [2.24, 2.45) is 0 Å². The second kappa shape index (κ2) is 8.09. The summed E-state index contributed by atoms with van der Waals surface area (Å²) >= 11 is 6.53. The summed E-state index contributed by atoms with van der Waals surface area (Å²) < 4.78 is 5.67. The molecule has 1 atom stereocenters. The summed E-state index contributed by atoms with van der Waals surface area (Å²) in [4.78, 5) is 0. The van der Waals surface area contributed by atoms with Crippen molar-refractivity contribution < 1.29 is 4.74 Å². The molecule has 0 aliphatic rings. The number of alkyl halides is 1. The van der Waals surface area contributed by atoms with Gasteiger partial charge in [0.1, 0.15) is 5.75 Å². The van der Waals surface area contributed by atoms with Gasteiger partial charge in [0.2, 0.25) is 0 Å². The Morgan fingerprint density at radius 1 is 1.10 bits per heavy atom. The fourth-order valence-electron chi connectivity index (χ4n) is 2.27. The summed E-state index contributed by atoms with van der Waals surface area (Å²) in [7, 11) is 0. The maximum Gasteiger partial charge on any atom is 0.119 e. The summed E-state index contributed by atoms with van der Waals surface area (Å²) in [5, 5.41) is -0.00325. The van der Waals surface area contributed by atoms with Crippen molar-refractivity contribution in [3.05, 3.63) is 65.2 Å². The van der Waals surface area contributed by atoms with E-state index in [1.54, 1.807) is 0 Å². The van der Waals surface area contributed by atoms with Crippen LogP contribution in [-0.2, 0) is 6.42 Å². The number of aryl methyl sites for hydroxylation is 1. The number of unbranched alkanes of at least 4 members (excludes halogenated alkanes) is 1. The monoisotopic (exact) mass is 302 g/mol. The van der Waals surface area contributed by atoms with Gasteiger partial charge in [-0.05, 0) is 43.0 Å². The molecular formula is C19H23ClO. The Hall–Kier alpha value is -1.47. The lowest BCUT2D eigenvalue weighted by molar-refractivity contribution is 0.309. The molecule has 0 spiro atoms. The Bertz CT molecular complexity index is 548. The number of rotatable bonds is 7. The Balaban J connectivity index is 1.94. The van der Waals surface area contributed by atoms with Crippen LogP contribution in [0.1, 0.15) is 41.8 Å². The minimum Gasteiger partial charge on any atom is -0.494 e. The van der Waals surface area contributed by atoms with Gasteiger partial charge >= 0.3 is 0 Å². The highest BCUT2D eigenvalue weighted by molar-refractivity contribution is 6.20. The third-order valence-corrected chi connectivity index (χ3v) is 3.91. The van der Waals surface area contributed by atoms with E-state index in [1.807, 2.05) is 12.1 Å². The van der Waals surface area contributed by atoms with Crippen molar-refractivity contribution in [1.29, 1.82) is 0 Å². The molecule has 0 aliphatic carbocycles. The normalized spacial score (nSPS) is 12.1. The van der Waals surface area contributed by atoms with Crippen LogP contribution in [0.4, 0.5) is 0 Å². The van der Waals surface area contributed by atoms with Gasteiger partial charge in [-0.3, -0.25) is 0 Å². The van der Waals surface area contributed by atoms with Gasteiger partial charge in [-0.15, -0.1) is 11.6 Å². The smallest absolute Gasteiger partial charge is 0.119 e. The van der Waals surface area contributed by atoms with Crippen LogP contribution < -0.4 is 4.74 Å². The third kappa shape index (κ3) is 5.09. The largest absolute Gasteiger partial charge is 0.494 e. The van der Waals surface area contributed by atoms with Gasteiger partial charge in [0.15, 0.2) is 0 Å². The first kappa shape index (κ1) is 15.9. The summed E-state index contributed by atoms with van der Waals surface area (Å²) in [6.45, 7) is 5.05. The molecule has 21 heavy (non-hydrogen) atoms. The Morgan fingerprint density at radius 2 is 1.86 bits per heavy atom.